The maximum atomic E-state index is 11.5. The van der Waals surface area contributed by atoms with E-state index >= 15 is 0 Å². The van der Waals surface area contributed by atoms with Crippen LogP contribution in [0.4, 0.5) is 0 Å². The molecule has 1 aromatic heterocycles. The number of hydrogen-bond acceptors (Lipinski definition) is 3. The summed E-state index contributed by atoms with van der Waals surface area (Å²) in [6.07, 6.45) is 10.3. The lowest BCUT2D eigenvalue weighted by Gasteiger charge is -2.51. The SMILES string of the molecule is CCC1(C(O)CC2c3ccccc3-c3cncn32)CC2CCC(O)C(C2)C1. The number of imidazole rings is 1. The number of aliphatic hydroxyl groups is 2. The van der Waals surface area contributed by atoms with Crippen LogP contribution in [0, 0.1) is 17.3 Å². The van der Waals surface area contributed by atoms with Crippen LogP contribution in [-0.2, 0) is 0 Å². The summed E-state index contributed by atoms with van der Waals surface area (Å²) in [5.74, 6) is 1.04. The summed E-state index contributed by atoms with van der Waals surface area (Å²) in [5.41, 5.74) is 3.64. The van der Waals surface area contributed by atoms with E-state index in [1.54, 1.807) is 0 Å². The molecule has 4 nitrogen and oxygen atoms in total. The quantitative estimate of drug-likeness (QED) is 0.854. The Labute approximate surface area is 161 Å². The van der Waals surface area contributed by atoms with E-state index in [9.17, 15) is 10.2 Å². The van der Waals surface area contributed by atoms with Crippen molar-refractivity contribution in [2.24, 2.45) is 17.3 Å². The Bertz CT molecular complexity index is 831. The maximum absolute atomic E-state index is 11.5. The third-order valence-corrected chi connectivity index (χ3v) is 7.87. The summed E-state index contributed by atoms with van der Waals surface area (Å²) in [6.45, 7) is 2.22. The normalized spacial score (nSPS) is 35.5. The van der Waals surface area contributed by atoms with Gasteiger partial charge in [0.15, 0.2) is 0 Å². The molecule has 1 aromatic carbocycles. The van der Waals surface area contributed by atoms with Crippen molar-refractivity contribution in [3.05, 3.63) is 42.4 Å². The van der Waals surface area contributed by atoms with E-state index in [2.05, 4.69) is 40.7 Å². The largest absolute Gasteiger partial charge is 0.393 e. The summed E-state index contributed by atoms with van der Waals surface area (Å²) in [6, 6.07) is 8.68. The van der Waals surface area contributed by atoms with Gasteiger partial charge in [0.05, 0.1) is 36.5 Å². The number of aromatic nitrogens is 2. The summed E-state index contributed by atoms with van der Waals surface area (Å²) in [5, 5.41) is 22.0. The van der Waals surface area contributed by atoms with Crippen molar-refractivity contribution in [2.45, 2.75) is 70.1 Å². The fourth-order valence-electron chi connectivity index (χ4n) is 6.36. The molecule has 1 aliphatic heterocycles. The molecule has 5 rings (SSSR count). The fraction of sp³-hybridized carbons (Fsp3) is 0.609. The molecule has 2 aromatic rings. The van der Waals surface area contributed by atoms with E-state index in [1.807, 2.05) is 12.5 Å². The molecular weight excluding hydrogens is 336 g/mol. The molecule has 3 aliphatic rings. The summed E-state index contributed by atoms with van der Waals surface area (Å²) >= 11 is 0. The van der Waals surface area contributed by atoms with Gasteiger partial charge in [0.1, 0.15) is 0 Å². The second-order valence-corrected chi connectivity index (χ2v) is 9.17. The van der Waals surface area contributed by atoms with Crippen LogP contribution in [0.25, 0.3) is 11.3 Å². The van der Waals surface area contributed by atoms with Crippen molar-refractivity contribution in [1.82, 2.24) is 9.55 Å². The van der Waals surface area contributed by atoms with Crippen molar-refractivity contribution in [3.8, 4) is 11.3 Å². The van der Waals surface area contributed by atoms with Crippen molar-refractivity contribution in [2.75, 3.05) is 0 Å². The van der Waals surface area contributed by atoms with E-state index in [1.165, 1.54) is 11.1 Å². The molecule has 2 aliphatic carbocycles. The minimum atomic E-state index is -0.357. The fourth-order valence-corrected chi connectivity index (χ4v) is 6.36. The van der Waals surface area contributed by atoms with Crippen molar-refractivity contribution in [3.63, 3.8) is 0 Å². The highest BCUT2D eigenvalue weighted by atomic mass is 16.3. The first-order valence-electron chi connectivity index (χ1n) is 10.6. The number of fused-ring (bicyclic) bond motifs is 5. The molecule has 6 atom stereocenters. The van der Waals surface area contributed by atoms with Crippen LogP contribution in [0.15, 0.2) is 36.8 Å². The van der Waals surface area contributed by atoms with Crippen LogP contribution in [0.2, 0.25) is 0 Å². The average molecular weight is 367 g/mol. The molecule has 6 unspecified atom stereocenters. The van der Waals surface area contributed by atoms with Crippen LogP contribution >= 0.6 is 0 Å². The zero-order valence-electron chi connectivity index (χ0n) is 16.1. The number of rotatable bonds is 4. The second kappa shape index (κ2) is 6.46. The zero-order valence-corrected chi connectivity index (χ0v) is 16.1. The first-order valence-corrected chi connectivity index (χ1v) is 10.6. The van der Waals surface area contributed by atoms with E-state index in [0.29, 0.717) is 11.8 Å². The van der Waals surface area contributed by atoms with E-state index in [-0.39, 0.29) is 23.7 Å². The van der Waals surface area contributed by atoms with Crippen molar-refractivity contribution in [1.29, 1.82) is 0 Å². The minimum absolute atomic E-state index is 0.0622. The van der Waals surface area contributed by atoms with Gasteiger partial charge in [-0.2, -0.15) is 0 Å². The molecule has 0 spiro atoms. The van der Waals surface area contributed by atoms with Crippen LogP contribution in [0.1, 0.15) is 63.5 Å². The van der Waals surface area contributed by atoms with Gasteiger partial charge in [-0.25, -0.2) is 4.98 Å². The van der Waals surface area contributed by atoms with E-state index < -0.39 is 0 Å². The van der Waals surface area contributed by atoms with Gasteiger partial charge in [0.25, 0.3) is 0 Å². The highest BCUT2D eigenvalue weighted by Gasteiger charge is 2.48. The smallest absolute Gasteiger partial charge is 0.0956 e. The Morgan fingerprint density at radius 1 is 1.26 bits per heavy atom. The molecule has 0 amide bonds. The van der Waals surface area contributed by atoms with Gasteiger partial charge in [-0.15, -0.1) is 0 Å². The molecule has 2 heterocycles. The Morgan fingerprint density at radius 3 is 2.96 bits per heavy atom. The van der Waals surface area contributed by atoms with Gasteiger partial charge in [-0.1, -0.05) is 31.2 Å². The summed E-state index contributed by atoms with van der Waals surface area (Å²) in [4.78, 5) is 4.35. The standard InChI is InChI=1S/C23H30N2O2/c1-2-23(11-15-7-8-21(26)16(9-15)12-23)22(27)10-19-17-5-3-4-6-18(17)20-13-24-14-25(19)20/h3-6,13-16,19,21-22,26-27H,2,7-12H2,1H3. The Hall–Kier alpha value is -1.65. The van der Waals surface area contributed by atoms with Gasteiger partial charge in [-0.05, 0) is 67.8 Å². The number of benzene rings is 1. The maximum Gasteiger partial charge on any atom is 0.0956 e. The van der Waals surface area contributed by atoms with Gasteiger partial charge >= 0.3 is 0 Å². The van der Waals surface area contributed by atoms with Crippen LogP contribution in [0.3, 0.4) is 0 Å². The average Bonchev–Trinajstić information content (AvgIpc) is 3.27. The lowest BCUT2D eigenvalue weighted by atomic mass is 9.56. The third kappa shape index (κ3) is 2.68. The molecule has 2 saturated carbocycles. The molecular formula is C23H30N2O2. The van der Waals surface area contributed by atoms with E-state index in [4.69, 9.17) is 0 Å². The molecule has 27 heavy (non-hydrogen) atoms. The molecule has 2 fully saturated rings. The van der Waals surface area contributed by atoms with Crippen LogP contribution in [-0.4, -0.2) is 32.0 Å². The predicted molar refractivity (Wildman–Crippen MR) is 105 cm³/mol. The lowest BCUT2D eigenvalue weighted by Crippen LogP contribution is -2.47. The molecule has 0 saturated heterocycles. The summed E-state index contributed by atoms with van der Waals surface area (Å²) in [7, 11) is 0. The number of hydrogen-bond donors (Lipinski definition) is 2. The van der Waals surface area contributed by atoms with Crippen molar-refractivity contribution >= 4 is 0 Å². The highest BCUT2D eigenvalue weighted by Crippen LogP contribution is 2.54. The molecule has 2 N–H and O–H groups in total. The first kappa shape index (κ1) is 17.4. The molecule has 0 radical (unpaired) electrons. The van der Waals surface area contributed by atoms with Crippen LogP contribution < -0.4 is 0 Å². The number of aliphatic hydroxyl groups excluding tert-OH is 2. The molecule has 144 valence electrons. The predicted octanol–water partition coefficient (Wildman–Crippen LogP) is 4.17. The summed E-state index contributed by atoms with van der Waals surface area (Å²) < 4.78 is 2.23. The Morgan fingerprint density at radius 2 is 2.11 bits per heavy atom. The molecule has 2 bridgehead atoms. The Kier molecular flexibility index (Phi) is 4.17. The highest BCUT2D eigenvalue weighted by molar-refractivity contribution is 5.68. The van der Waals surface area contributed by atoms with E-state index in [0.717, 1.165) is 50.6 Å². The van der Waals surface area contributed by atoms with Crippen molar-refractivity contribution < 1.29 is 10.2 Å². The lowest BCUT2D eigenvalue weighted by molar-refractivity contribution is -0.0917. The third-order valence-electron chi connectivity index (χ3n) is 7.87. The van der Waals surface area contributed by atoms with Gasteiger partial charge in [-0.3, -0.25) is 0 Å². The minimum Gasteiger partial charge on any atom is -0.393 e. The monoisotopic (exact) mass is 366 g/mol. The van der Waals surface area contributed by atoms with Crippen LogP contribution in [0.5, 0.6) is 0 Å². The zero-order chi connectivity index (χ0) is 18.6. The first-order chi connectivity index (χ1) is 13.1. The Balaban J connectivity index is 1.44. The number of nitrogens with zero attached hydrogens (tertiary/aromatic N) is 2. The second-order valence-electron chi connectivity index (χ2n) is 9.17. The topological polar surface area (TPSA) is 58.3 Å². The molecule has 4 heteroatoms. The van der Waals surface area contributed by atoms with Gasteiger partial charge in [0.2, 0.25) is 0 Å². The van der Waals surface area contributed by atoms with Gasteiger partial charge < -0.3 is 14.8 Å². The van der Waals surface area contributed by atoms with Gasteiger partial charge in [0, 0.05) is 5.56 Å².